The average Bonchev–Trinajstić information content (AvgIpc) is 3.17. The highest BCUT2D eigenvalue weighted by molar-refractivity contribution is 5.83. The van der Waals surface area contributed by atoms with E-state index in [4.69, 9.17) is 4.42 Å². The molecule has 0 amide bonds. The number of aryl methyl sites for hydroxylation is 1. The minimum Gasteiger partial charge on any atom is -0.457 e. The van der Waals surface area contributed by atoms with Crippen molar-refractivity contribution in [3.05, 3.63) is 58.4 Å². The van der Waals surface area contributed by atoms with E-state index in [1.54, 1.807) is 17.1 Å². The Morgan fingerprint density at radius 2 is 2.15 bits per heavy atom. The summed E-state index contributed by atoms with van der Waals surface area (Å²) in [4.78, 5) is 15.4. The van der Waals surface area contributed by atoms with Crippen LogP contribution in [0.25, 0.3) is 11.3 Å². The monoisotopic (exact) mass is 375 g/mol. The fourth-order valence-electron chi connectivity index (χ4n) is 3.50. The molecule has 0 saturated carbocycles. The molecule has 1 aliphatic rings. The largest absolute Gasteiger partial charge is 0.457 e. The van der Waals surface area contributed by atoms with Gasteiger partial charge in [-0.1, -0.05) is 13.0 Å². The SMILES string of the molecule is Cc1ccc(Cn2cc3c(n2)-c2c(oc(C=O)c2C(F)(F)F)CC3C)cn1. The predicted molar refractivity (Wildman–Crippen MR) is 90.5 cm³/mol. The molecule has 1 atom stereocenters. The molecular weight excluding hydrogens is 359 g/mol. The number of aldehydes is 1. The van der Waals surface area contributed by atoms with Crippen molar-refractivity contribution in [1.29, 1.82) is 0 Å². The van der Waals surface area contributed by atoms with Gasteiger partial charge < -0.3 is 4.42 Å². The summed E-state index contributed by atoms with van der Waals surface area (Å²) >= 11 is 0. The quantitative estimate of drug-likeness (QED) is 0.637. The third-order valence-electron chi connectivity index (χ3n) is 4.77. The highest BCUT2D eigenvalue weighted by Gasteiger charge is 2.44. The van der Waals surface area contributed by atoms with Crippen LogP contribution in [-0.2, 0) is 19.1 Å². The van der Waals surface area contributed by atoms with Gasteiger partial charge >= 0.3 is 6.18 Å². The van der Waals surface area contributed by atoms with E-state index in [0.29, 0.717) is 12.1 Å². The van der Waals surface area contributed by atoms with Crippen LogP contribution in [0.2, 0.25) is 0 Å². The van der Waals surface area contributed by atoms with Crippen molar-refractivity contribution in [2.45, 2.75) is 38.9 Å². The van der Waals surface area contributed by atoms with Crippen LogP contribution in [-0.4, -0.2) is 21.1 Å². The van der Waals surface area contributed by atoms with Crippen molar-refractivity contribution in [3.8, 4) is 11.3 Å². The second kappa shape index (κ2) is 6.07. The number of nitrogens with zero attached hydrogens (tertiary/aromatic N) is 3. The summed E-state index contributed by atoms with van der Waals surface area (Å²) in [6.45, 7) is 4.17. The second-order valence-corrected chi connectivity index (χ2v) is 6.80. The molecule has 0 radical (unpaired) electrons. The van der Waals surface area contributed by atoms with E-state index >= 15 is 0 Å². The highest BCUT2D eigenvalue weighted by atomic mass is 19.4. The lowest BCUT2D eigenvalue weighted by Crippen LogP contribution is -2.12. The fourth-order valence-corrected chi connectivity index (χ4v) is 3.50. The van der Waals surface area contributed by atoms with Crippen molar-refractivity contribution >= 4 is 6.29 Å². The molecule has 3 aromatic heterocycles. The number of rotatable bonds is 3. The molecule has 3 aromatic rings. The minimum absolute atomic E-state index is 0.0656. The molecule has 8 heteroatoms. The summed E-state index contributed by atoms with van der Waals surface area (Å²) < 4.78 is 47.6. The number of pyridine rings is 1. The van der Waals surface area contributed by atoms with E-state index in [1.165, 1.54) is 0 Å². The molecule has 0 fully saturated rings. The Morgan fingerprint density at radius 3 is 2.78 bits per heavy atom. The molecule has 27 heavy (non-hydrogen) atoms. The van der Waals surface area contributed by atoms with Gasteiger partial charge in [-0.3, -0.25) is 14.5 Å². The number of hydrogen-bond acceptors (Lipinski definition) is 4. The molecule has 0 saturated heterocycles. The zero-order valence-corrected chi connectivity index (χ0v) is 14.7. The van der Waals surface area contributed by atoms with Crippen molar-refractivity contribution < 1.29 is 22.4 Å². The smallest absolute Gasteiger partial charge is 0.420 e. The number of aromatic nitrogens is 3. The maximum atomic E-state index is 13.6. The van der Waals surface area contributed by atoms with Crippen LogP contribution in [0.5, 0.6) is 0 Å². The summed E-state index contributed by atoms with van der Waals surface area (Å²) in [5.41, 5.74) is 1.57. The van der Waals surface area contributed by atoms with Gasteiger partial charge in [0.25, 0.3) is 0 Å². The Hall–Kier alpha value is -2.90. The standard InChI is InChI=1S/C19H16F3N3O2/c1-10-5-14-16(17(19(20,21)22)15(9-26)27-14)18-13(10)8-25(24-18)7-12-4-3-11(2)23-6-12/h3-4,6,8-10H,5,7H2,1-2H3. The van der Waals surface area contributed by atoms with Crippen molar-refractivity contribution in [2.24, 2.45) is 0 Å². The lowest BCUT2D eigenvalue weighted by molar-refractivity contribution is -0.137. The van der Waals surface area contributed by atoms with Gasteiger partial charge in [0.2, 0.25) is 0 Å². The topological polar surface area (TPSA) is 60.9 Å². The number of fused-ring (bicyclic) bond motifs is 3. The van der Waals surface area contributed by atoms with Crippen LogP contribution in [0.4, 0.5) is 13.2 Å². The van der Waals surface area contributed by atoms with Crippen molar-refractivity contribution in [2.75, 3.05) is 0 Å². The molecule has 0 aliphatic heterocycles. The third kappa shape index (κ3) is 2.94. The lowest BCUT2D eigenvalue weighted by atomic mass is 9.86. The number of hydrogen-bond donors (Lipinski definition) is 0. The molecule has 5 nitrogen and oxygen atoms in total. The number of halogens is 3. The molecule has 0 N–H and O–H groups in total. The highest BCUT2D eigenvalue weighted by Crippen LogP contribution is 2.48. The summed E-state index contributed by atoms with van der Waals surface area (Å²) in [5.74, 6) is -0.597. The zero-order chi connectivity index (χ0) is 19.3. The van der Waals surface area contributed by atoms with Crippen molar-refractivity contribution in [1.82, 2.24) is 14.8 Å². The molecule has 3 heterocycles. The van der Waals surface area contributed by atoms with Gasteiger partial charge in [-0.05, 0) is 24.5 Å². The average molecular weight is 375 g/mol. The Morgan fingerprint density at radius 1 is 1.37 bits per heavy atom. The van der Waals surface area contributed by atoms with Gasteiger partial charge in [-0.15, -0.1) is 0 Å². The molecule has 1 unspecified atom stereocenters. The normalized spacial score (nSPS) is 16.1. The van der Waals surface area contributed by atoms with E-state index in [1.807, 2.05) is 26.0 Å². The first-order valence-electron chi connectivity index (χ1n) is 8.45. The first-order valence-corrected chi connectivity index (χ1v) is 8.45. The van der Waals surface area contributed by atoms with Gasteiger partial charge in [0.15, 0.2) is 12.0 Å². The summed E-state index contributed by atoms with van der Waals surface area (Å²) in [6.07, 6.45) is -0.821. The zero-order valence-electron chi connectivity index (χ0n) is 14.7. The fraction of sp³-hybridized carbons (Fsp3) is 0.316. The van der Waals surface area contributed by atoms with Gasteiger partial charge in [-0.25, -0.2) is 0 Å². The number of carbonyl (C=O) groups excluding carboxylic acids is 1. The van der Waals surface area contributed by atoms with Crippen LogP contribution < -0.4 is 0 Å². The van der Waals surface area contributed by atoms with Gasteiger partial charge in [0, 0.05) is 30.1 Å². The molecule has 0 aromatic carbocycles. The molecule has 1 aliphatic carbocycles. The van der Waals surface area contributed by atoms with Crippen LogP contribution in [0.15, 0.2) is 28.9 Å². The van der Waals surface area contributed by atoms with E-state index in [-0.39, 0.29) is 35.6 Å². The van der Waals surface area contributed by atoms with E-state index in [9.17, 15) is 18.0 Å². The Balaban J connectivity index is 1.82. The van der Waals surface area contributed by atoms with E-state index in [0.717, 1.165) is 11.3 Å². The van der Waals surface area contributed by atoms with Crippen LogP contribution in [0.3, 0.4) is 0 Å². The predicted octanol–water partition coefficient (Wildman–Crippen LogP) is 4.39. The summed E-state index contributed by atoms with van der Waals surface area (Å²) in [5, 5.41) is 4.39. The van der Waals surface area contributed by atoms with Gasteiger partial charge in [0.1, 0.15) is 11.3 Å². The van der Waals surface area contributed by atoms with E-state index < -0.39 is 17.5 Å². The molecule has 0 spiro atoms. The summed E-state index contributed by atoms with van der Waals surface area (Å²) in [7, 11) is 0. The third-order valence-corrected chi connectivity index (χ3v) is 4.77. The molecule has 140 valence electrons. The first kappa shape index (κ1) is 17.5. The Labute approximate surface area is 152 Å². The van der Waals surface area contributed by atoms with Crippen molar-refractivity contribution in [3.63, 3.8) is 0 Å². The van der Waals surface area contributed by atoms with E-state index in [2.05, 4.69) is 10.1 Å². The van der Waals surface area contributed by atoms with Crippen LogP contribution >= 0.6 is 0 Å². The molecule has 4 rings (SSSR count). The van der Waals surface area contributed by atoms with Crippen LogP contribution in [0.1, 0.15) is 51.5 Å². The Kier molecular flexibility index (Phi) is 3.94. The first-order chi connectivity index (χ1) is 12.8. The number of carbonyl (C=O) groups is 1. The van der Waals surface area contributed by atoms with Gasteiger partial charge in [-0.2, -0.15) is 18.3 Å². The van der Waals surface area contributed by atoms with Crippen LogP contribution in [0, 0.1) is 6.92 Å². The minimum atomic E-state index is -4.70. The maximum Gasteiger partial charge on any atom is 0.420 e. The maximum absolute atomic E-state index is 13.6. The second-order valence-electron chi connectivity index (χ2n) is 6.80. The molecule has 0 bridgehead atoms. The molecular formula is C19H16F3N3O2. The van der Waals surface area contributed by atoms with Gasteiger partial charge in [0.05, 0.1) is 17.8 Å². The number of alkyl halides is 3. The Bertz CT molecular complexity index is 1020. The number of furan rings is 1. The summed E-state index contributed by atoms with van der Waals surface area (Å²) in [6, 6.07) is 3.77. The lowest BCUT2D eigenvalue weighted by Gasteiger charge is -2.17.